The fourth-order valence-corrected chi connectivity index (χ4v) is 1.17. The molecular weight excluding hydrogens is 218 g/mol. The van der Waals surface area contributed by atoms with Gasteiger partial charge >= 0.3 is 0 Å². The van der Waals surface area contributed by atoms with Crippen LogP contribution in [0.1, 0.15) is 6.42 Å². The van der Waals surface area contributed by atoms with Crippen LogP contribution < -0.4 is 15.8 Å². The minimum Gasteiger partial charge on any atom is -0.493 e. The number of alkyl halides is 1. The summed E-state index contributed by atoms with van der Waals surface area (Å²) in [5, 5.41) is 2.62. The first-order chi connectivity index (χ1) is 7.17. The number of nitrogens with one attached hydrogen (secondary N) is 1. The number of aromatic nitrogens is 1. The van der Waals surface area contributed by atoms with E-state index in [1.165, 1.54) is 13.3 Å². The molecule has 0 aliphatic rings. The molecule has 0 spiro atoms. The van der Waals surface area contributed by atoms with Gasteiger partial charge < -0.3 is 15.8 Å². The minimum atomic E-state index is -0.168. The average Bonchev–Trinajstić information content (AvgIpc) is 2.21. The zero-order valence-corrected chi connectivity index (χ0v) is 9.04. The van der Waals surface area contributed by atoms with E-state index in [4.69, 9.17) is 22.1 Å². The number of hydrogen-bond donors (Lipinski definition) is 2. The van der Waals surface area contributed by atoms with Crippen molar-refractivity contribution in [2.45, 2.75) is 6.42 Å². The molecule has 0 atom stereocenters. The van der Waals surface area contributed by atoms with Crippen molar-refractivity contribution in [1.29, 1.82) is 0 Å². The third kappa shape index (κ3) is 3.28. The molecule has 0 aromatic carbocycles. The maximum Gasteiger partial charge on any atom is 0.225 e. The largest absolute Gasteiger partial charge is 0.493 e. The molecule has 82 valence electrons. The highest BCUT2D eigenvalue weighted by Gasteiger charge is 2.05. The molecule has 1 aromatic heterocycles. The van der Waals surface area contributed by atoms with Crippen molar-refractivity contribution >= 4 is 29.0 Å². The van der Waals surface area contributed by atoms with E-state index >= 15 is 0 Å². The van der Waals surface area contributed by atoms with Crippen molar-refractivity contribution in [1.82, 2.24) is 4.98 Å². The number of hydrogen-bond acceptors (Lipinski definition) is 4. The number of carbonyl (C=O) groups is 1. The SMILES string of the molecule is COc1cc(NC(=O)CCCl)cnc1N. The van der Waals surface area contributed by atoms with Crippen molar-refractivity contribution in [3.05, 3.63) is 12.3 Å². The summed E-state index contributed by atoms with van der Waals surface area (Å²) < 4.78 is 4.96. The van der Waals surface area contributed by atoms with Crippen LogP contribution >= 0.6 is 11.6 Å². The smallest absolute Gasteiger partial charge is 0.225 e. The van der Waals surface area contributed by atoms with Crippen LogP contribution in [0.5, 0.6) is 5.75 Å². The van der Waals surface area contributed by atoms with Gasteiger partial charge in [0.1, 0.15) is 0 Å². The Morgan fingerprint density at radius 1 is 1.73 bits per heavy atom. The van der Waals surface area contributed by atoms with Gasteiger partial charge in [-0.2, -0.15) is 0 Å². The van der Waals surface area contributed by atoms with Gasteiger partial charge in [-0.25, -0.2) is 4.98 Å². The molecule has 0 unspecified atom stereocenters. The van der Waals surface area contributed by atoms with Gasteiger partial charge in [0.05, 0.1) is 19.0 Å². The van der Waals surface area contributed by atoms with E-state index in [1.807, 2.05) is 0 Å². The molecule has 0 aliphatic heterocycles. The lowest BCUT2D eigenvalue weighted by molar-refractivity contribution is -0.115. The molecule has 1 amide bonds. The van der Waals surface area contributed by atoms with Crippen LogP contribution in [0.2, 0.25) is 0 Å². The van der Waals surface area contributed by atoms with Crippen LogP contribution in [0.25, 0.3) is 0 Å². The first-order valence-electron chi connectivity index (χ1n) is 4.32. The lowest BCUT2D eigenvalue weighted by Crippen LogP contribution is -2.12. The molecule has 15 heavy (non-hydrogen) atoms. The predicted octanol–water partition coefficient (Wildman–Crippen LogP) is 1.24. The van der Waals surface area contributed by atoms with E-state index < -0.39 is 0 Å². The number of rotatable bonds is 4. The summed E-state index contributed by atoms with van der Waals surface area (Å²) >= 11 is 5.43. The summed E-state index contributed by atoms with van der Waals surface area (Å²) in [6.07, 6.45) is 1.72. The van der Waals surface area contributed by atoms with E-state index in [2.05, 4.69) is 10.3 Å². The highest BCUT2D eigenvalue weighted by atomic mass is 35.5. The van der Waals surface area contributed by atoms with Crippen molar-refractivity contribution in [3.8, 4) is 5.75 Å². The number of halogens is 1. The standard InChI is InChI=1S/C9H12ClN3O2/c1-15-7-4-6(5-12-9(7)11)13-8(14)2-3-10/h4-5H,2-3H2,1H3,(H2,11,12)(H,13,14). The van der Waals surface area contributed by atoms with E-state index in [9.17, 15) is 4.79 Å². The van der Waals surface area contributed by atoms with Gasteiger partial charge in [0, 0.05) is 18.4 Å². The Morgan fingerprint density at radius 3 is 3.07 bits per heavy atom. The van der Waals surface area contributed by atoms with E-state index in [1.54, 1.807) is 6.07 Å². The highest BCUT2D eigenvalue weighted by molar-refractivity contribution is 6.19. The van der Waals surface area contributed by atoms with Crippen molar-refractivity contribution in [2.75, 3.05) is 24.0 Å². The van der Waals surface area contributed by atoms with Gasteiger partial charge in [0.25, 0.3) is 0 Å². The lowest BCUT2D eigenvalue weighted by atomic mass is 10.3. The zero-order chi connectivity index (χ0) is 11.3. The van der Waals surface area contributed by atoms with Crippen LogP contribution in [0.3, 0.4) is 0 Å². The van der Waals surface area contributed by atoms with Crippen LogP contribution in [0.15, 0.2) is 12.3 Å². The van der Waals surface area contributed by atoms with Gasteiger partial charge in [0.15, 0.2) is 11.6 Å². The first kappa shape index (κ1) is 11.6. The van der Waals surface area contributed by atoms with Crippen LogP contribution in [-0.4, -0.2) is 23.9 Å². The Labute approximate surface area is 92.6 Å². The number of carbonyl (C=O) groups excluding carboxylic acids is 1. The zero-order valence-electron chi connectivity index (χ0n) is 8.29. The summed E-state index contributed by atoms with van der Waals surface area (Å²) in [6.45, 7) is 0. The third-order valence-electron chi connectivity index (χ3n) is 1.71. The maximum atomic E-state index is 11.2. The van der Waals surface area contributed by atoms with Crippen LogP contribution in [-0.2, 0) is 4.79 Å². The highest BCUT2D eigenvalue weighted by Crippen LogP contribution is 2.22. The number of nitrogens with two attached hydrogens (primary N) is 1. The summed E-state index contributed by atoms with van der Waals surface area (Å²) in [4.78, 5) is 15.1. The van der Waals surface area contributed by atoms with Gasteiger partial charge in [-0.1, -0.05) is 0 Å². The Hall–Kier alpha value is -1.49. The number of nitrogen functional groups attached to an aromatic ring is 1. The molecular formula is C9H12ClN3O2. The van der Waals surface area contributed by atoms with E-state index in [0.717, 1.165) is 0 Å². The van der Waals surface area contributed by atoms with E-state index in [-0.39, 0.29) is 24.0 Å². The molecule has 3 N–H and O–H groups in total. The molecule has 0 aliphatic carbocycles. The Kier molecular flexibility index (Phi) is 4.17. The van der Waals surface area contributed by atoms with E-state index in [0.29, 0.717) is 11.4 Å². The molecule has 0 radical (unpaired) electrons. The van der Waals surface area contributed by atoms with Crippen LogP contribution in [0.4, 0.5) is 11.5 Å². The van der Waals surface area contributed by atoms with Crippen molar-refractivity contribution in [3.63, 3.8) is 0 Å². The fourth-order valence-electron chi connectivity index (χ4n) is 0.996. The summed E-state index contributed by atoms with van der Waals surface area (Å²) in [6, 6.07) is 1.61. The molecule has 5 nitrogen and oxygen atoms in total. The Bertz CT molecular complexity index is 357. The molecule has 1 heterocycles. The number of anilines is 2. The van der Waals surface area contributed by atoms with Gasteiger partial charge in [-0.05, 0) is 0 Å². The first-order valence-corrected chi connectivity index (χ1v) is 4.86. The quantitative estimate of drug-likeness (QED) is 0.762. The second-order valence-electron chi connectivity index (χ2n) is 2.80. The summed E-state index contributed by atoms with van der Waals surface area (Å²) in [7, 11) is 1.48. The number of amides is 1. The summed E-state index contributed by atoms with van der Waals surface area (Å²) in [5.41, 5.74) is 6.06. The molecule has 1 aromatic rings. The predicted molar refractivity (Wildman–Crippen MR) is 59.2 cm³/mol. The van der Waals surface area contributed by atoms with Gasteiger partial charge in [0.2, 0.25) is 5.91 Å². The molecule has 0 bridgehead atoms. The number of nitrogens with zero attached hydrogens (tertiary/aromatic N) is 1. The fraction of sp³-hybridized carbons (Fsp3) is 0.333. The van der Waals surface area contributed by atoms with Gasteiger partial charge in [-0.3, -0.25) is 4.79 Å². The number of pyridine rings is 1. The maximum absolute atomic E-state index is 11.2. The van der Waals surface area contributed by atoms with Gasteiger partial charge in [-0.15, -0.1) is 11.6 Å². The molecule has 0 fully saturated rings. The van der Waals surface area contributed by atoms with Crippen molar-refractivity contribution in [2.24, 2.45) is 0 Å². The van der Waals surface area contributed by atoms with Crippen molar-refractivity contribution < 1.29 is 9.53 Å². The molecule has 0 saturated carbocycles. The monoisotopic (exact) mass is 229 g/mol. The average molecular weight is 230 g/mol. The molecule has 6 heteroatoms. The topological polar surface area (TPSA) is 77.2 Å². The number of methoxy groups -OCH3 is 1. The normalized spacial score (nSPS) is 9.73. The molecule has 1 rings (SSSR count). The minimum absolute atomic E-state index is 0.168. The Morgan fingerprint density at radius 2 is 2.47 bits per heavy atom. The Balaban J connectivity index is 2.74. The molecule has 0 saturated heterocycles. The summed E-state index contributed by atoms with van der Waals surface area (Å²) in [5.74, 6) is 0.830. The second-order valence-corrected chi connectivity index (χ2v) is 3.18. The third-order valence-corrected chi connectivity index (χ3v) is 1.90. The lowest BCUT2D eigenvalue weighted by Gasteiger charge is -2.07. The van der Waals surface area contributed by atoms with Crippen LogP contribution in [0, 0.1) is 0 Å². The number of ether oxygens (including phenoxy) is 1. The second kappa shape index (κ2) is 5.41.